The Hall–Kier alpha value is -0.970. The van der Waals surface area contributed by atoms with Crippen molar-refractivity contribution in [3.05, 3.63) is 50.7 Å². The third-order valence-corrected chi connectivity index (χ3v) is 3.72. The van der Waals surface area contributed by atoms with Crippen molar-refractivity contribution in [3.63, 3.8) is 0 Å². The first-order valence-corrected chi connectivity index (χ1v) is 7.03. The number of nitrogens with one attached hydrogen (secondary N) is 1. The quantitative estimate of drug-likeness (QED) is 0.907. The molecule has 0 saturated carbocycles. The number of benzene rings is 1. The van der Waals surface area contributed by atoms with E-state index in [4.69, 9.17) is 11.6 Å². The standard InChI is InChI=1S/C13H14ClFN2S/c1-2-16-7-10-8-18-12(17-10)6-9-4-3-5-11(14)13(9)15/h3-5,8,16H,2,6-7H2,1H3. The van der Waals surface area contributed by atoms with E-state index in [2.05, 4.69) is 17.2 Å². The van der Waals surface area contributed by atoms with Crippen LogP contribution in [0.1, 0.15) is 23.2 Å². The molecule has 5 heteroatoms. The number of hydrogen-bond acceptors (Lipinski definition) is 3. The molecule has 96 valence electrons. The zero-order valence-electron chi connectivity index (χ0n) is 10.0. The van der Waals surface area contributed by atoms with Gasteiger partial charge in [-0.25, -0.2) is 9.37 Å². The Morgan fingerprint density at radius 1 is 1.44 bits per heavy atom. The second kappa shape index (κ2) is 6.27. The molecule has 0 aliphatic carbocycles. The second-order valence-electron chi connectivity index (χ2n) is 3.90. The average molecular weight is 285 g/mol. The van der Waals surface area contributed by atoms with Crippen LogP contribution in [-0.4, -0.2) is 11.5 Å². The highest BCUT2D eigenvalue weighted by atomic mass is 35.5. The van der Waals surface area contributed by atoms with Gasteiger partial charge < -0.3 is 5.32 Å². The molecule has 18 heavy (non-hydrogen) atoms. The van der Waals surface area contributed by atoms with E-state index in [0.717, 1.165) is 23.8 Å². The van der Waals surface area contributed by atoms with Gasteiger partial charge in [-0.15, -0.1) is 11.3 Å². The van der Waals surface area contributed by atoms with Crippen molar-refractivity contribution in [2.45, 2.75) is 19.9 Å². The fourth-order valence-electron chi connectivity index (χ4n) is 1.61. The monoisotopic (exact) mass is 284 g/mol. The van der Waals surface area contributed by atoms with Crippen LogP contribution >= 0.6 is 22.9 Å². The maximum atomic E-state index is 13.7. The second-order valence-corrected chi connectivity index (χ2v) is 5.25. The van der Waals surface area contributed by atoms with Crippen molar-refractivity contribution in [3.8, 4) is 0 Å². The van der Waals surface area contributed by atoms with Gasteiger partial charge in [0.05, 0.1) is 15.7 Å². The number of nitrogens with zero attached hydrogens (tertiary/aromatic N) is 1. The van der Waals surface area contributed by atoms with Gasteiger partial charge in [0.25, 0.3) is 0 Å². The number of thiazole rings is 1. The molecular weight excluding hydrogens is 271 g/mol. The van der Waals surface area contributed by atoms with Crippen molar-refractivity contribution in [1.29, 1.82) is 0 Å². The Labute approximate surface area is 115 Å². The van der Waals surface area contributed by atoms with Crippen LogP contribution in [0.2, 0.25) is 5.02 Å². The maximum Gasteiger partial charge on any atom is 0.145 e. The smallest absolute Gasteiger partial charge is 0.145 e. The lowest BCUT2D eigenvalue weighted by molar-refractivity contribution is 0.614. The van der Waals surface area contributed by atoms with E-state index in [9.17, 15) is 4.39 Å². The van der Waals surface area contributed by atoms with Crippen LogP contribution in [-0.2, 0) is 13.0 Å². The van der Waals surface area contributed by atoms with Crippen LogP contribution in [0.25, 0.3) is 0 Å². The molecule has 0 radical (unpaired) electrons. The Morgan fingerprint density at radius 3 is 3.06 bits per heavy atom. The molecule has 2 rings (SSSR count). The summed E-state index contributed by atoms with van der Waals surface area (Å²) in [6, 6.07) is 5.05. The van der Waals surface area contributed by atoms with Crippen molar-refractivity contribution in [2.24, 2.45) is 0 Å². The van der Waals surface area contributed by atoms with Crippen LogP contribution in [0.3, 0.4) is 0 Å². The SMILES string of the molecule is CCNCc1csc(Cc2cccc(Cl)c2F)n1. The lowest BCUT2D eigenvalue weighted by atomic mass is 10.1. The van der Waals surface area contributed by atoms with Crippen molar-refractivity contribution >= 4 is 22.9 Å². The number of aromatic nitrogens is 1. The minimum absolute atomic E-state index is 0.164. The van der Waals surface area contributed by atoms with Gasteiger partial charge >= 0.3 is 0 Å². The molecule has 1 heterocycles. The molecule has 0 bridgehead atoms. The summed E-state index contributed by atoms with van der Waals surface area (Å²) in [5, 5.41) is 6.28. The molecule has 0 aliphatic heterocycles. The van der Waals surface area contributed by atoms with Crippen LogP contribution in [0.4, 0.5) is 4.39 Å². The first kappa shape index (κ1) is 13.5. The lowest BCUT2D eigenvalue weighted by Gasteiger charge is -2.02. The highest BCUT2D eigenvalue weighted by Crippen LogP contribution is 2.22. The number of halogens is 2. The van der Waals surface area contributed by atoms with Gasteiger partial charge in [-0.2, -0.15) is 0 Å². The summed E-state index contributed by atoms with van der Waals surface area (Å²) in [5.41, 5.74) is 1.59. The van der Waals surface area contributed by atoms with Gasteiger partial charge in [0.15, 0.2) is 0 Å². The van der Waals surface area contributed by atoms with Crippen LogP contribution in [0, 0.1) is 5.82 Å². The molecule has 0 saturated heterocycles. The summed E-state index contributed by atoms with van der Waals surface area (Å²) in [6.45, 7) is 3.72. The van der Waals surface area contributed by atoms with E-state index in [1.807, 2.05) is 5.38 Å². The summed E-state index contributed by atoms with van der Waals surface area (Å²) in [4.78, 5) is 4.46. The topological polar surface area (TPSA) is 24.9 Å². The van der Waals surface area contributed by atoms with E-state index >= 15 is 0 Å². The highest BCUT2D eigenvalue weighted by molar-refractivity contribution is 7.09. The van der Waals surface area contributed by atoms with E-state index < -0.39 is 0 Å². The van der Waals surface area contributed by atoms with E-state index in [-0.39, 0.29) is 10.8 Å². The van der Waals surface area contributed by atoms with Crippen LogP contribution in [0.15, 0.2) is 23.6 Å². The summed E-state index contributed by atoms with van der Waals surface area (Å²) in [7, 11) is 0. The molecule has 1 N–H and O–H groups in total. The Morgan fingerprint density at radius 2 is 2.28 bits per heavy atom. The third-order valence-electron chi connectivity index (χ3n) is 2.53. The molecule has 0 spiro atoms. The van der Waals surface area contributed by atoms with Gasteiger partial charge in [-0.05, 0) is 18.2 Å². The third kappa shape index (κ3) is 3.28. The highest BCUT2D eigenvalue weighted by Gasteiger charge is 2.09. The molecule has 0 atom stereocenters. The Balaban J connectivity index is 2.09. The summed E-state index contributed by atoms with van der Waals surface area (Å²) in [5.74, 6) is -0.345. The molecular formula is C13H14ClFN2S. The normalized spacial score (nSPS) is 10.8. The Bertz CT molecular complexity index is 527. The van der Waals surface area contributed by atoms with E-state index in [1.54, 1.807) is 29.5 Å². The zero-order chi connectivity index (χ0) is 13.0. The van der Waals surface area contributed by atoms with Gasteiger partial charge in [0.1, 0.15) is 5.82 Å². The lowest BCUT2D eigenvalue weighted by Crippen LogP contribution is -2.11. The Kier molecular flexibility index (Phi) is 4.69. The maximum absolute atomic E-state index is 13.7. The van der Waals surface area contributed by atoms with Crippen LogP contribution in [0.5, 0.6) is 0 Å². The first-order chi connectivity index (χ1) is 8.70. The van der Waals surface area contributed by atoms with Crippen LogP contribution < -0.4 is 5.32 Å². The fraction of sp³-hybridized carbons (Fsp3) is 0.308. The molecule has 0 amide bonds. The number of hydrogen-bond donors (Lipinski definition) is 1. The molecule has 2 aromatic rings. The van der Waals surface area contributed by atoms with E-state index in [0.29, 0.717) is 12.0 Å². The van der Waals surface area contributed by atoms with Gasteiger partial charge in [0.2, 0.25) is 0 Å². The molecule has 0 aliphatic rings. The van der Waals surface area contributed by atoms with Crippen molar-refractivity contribution in [1.82, 2.24) is 10.3 Å². The minimum atomic E-state index is -0.345. The number of rotatable bonds is 5. The van der Waals surface area contributed by atoms with Gasteiger partial charge in [-0.3, -0.25) is 0 Å². The first-order valence-electron chi connectivity index (χ1n) is 5.77. The summed E-state index contributed by atoms with van der Waals surface area (Å²) >= 11 is 7.30. The predicted molar refractivity (Wildman–Crippen MR) is 73.7 cm³/mol. The molecule has 1 aromatic heterocycles. The van der Waals surface area contributed by atoms with Crippen molar-refractivity contribution < 1.29 is 4.39 Å². The molecule has 1 aromatic carbocycles. The fourth-order valence-corrected chi connectivity index (χ4v) is 2.62. The predicted octanol–water partition coefficient (Wildman–Crippen LogP) is 3.64. The molecule has 0 fully saturated rings. The largest absolute Gasteiger partial charge is 0.311 e. The van der Waals surface area contributed by atoms with Crippen molar-refractivity contribution in [2.75, 3.05) is 6.54 Å². The summed E-state index contributed by atoms with van der Waals surface area (Å²) in [6.07, 6.45) is 0.489. The molecule has 0 unspecified atom stereocenters. The van der Waals surface area contributed by atoms with Gasteiger partial charge in [-0.1, -0.05) is 30.7 Å². The van der Waals surface area contributed by atoms with Gasteiger partial charge in [0, 0.05) is 18.3 Å². The molecule has 2 nitrogen and oxygen atoms in total. The average Bonchev–Trinajstić information content (AvgIpc) is 2.80. The van der Waals surface area contributed by atoms with E-state index in [1.165, 1.54) is 0 Å². The summed E-state index contributed by atoms with van der Waals surface area (Å²) < 4.78 is 13.7. The minimum Gasteiger partial charge on any atom is -0.311 e. The zero-order valence-corrected chi connectivity index (χ0v) is 11.6.